The third kappa shape index (κ3) is 4.86. The van der Waals surface area contributed by atoms with Crippen LogP contribution in [0.2, 0.25) is 0 Å². The van der Waals surface area contributed by atoms with E-state index >= 15 is 0 Å². The minimum Gasteiger partial charge on any atom is -0.381 e. The van der Waals surface area contributed by atoms with E-state index in [0.29, 0.717) is 5.92 Å². The molecule has 1 aromatic heterocycles. The van der Waals surface area contributed by atoms with Gasteiger partial charge in [-0.25, -0.2) is 4.98 Å². The van der Waals surface area contributed by atoms with Gasteiger partial charge in [-0.1, -0.05) is 13.8 Å². The summed E-state index contributed by atoms with van der Waals surface area (Å²) in [6.45, 7) is 7.61. The number of ether oxygens (including phenoxy) is 1. The molecule has 1 unspecified atom stereocenters. The second-order valence-electron chi connectivity index (χ2n) is 5.98. The molecule has 2 rings (SSSR count). The van der Waals surface area contributed by atoms with Crippen molar-refractivity contribution in [2.24, 2.45) is 5.92 Å². The van der Waals surface area contributed by atoms with Gasteiger partial charge in [0.2, 0.25) is 0 Å². The first-order valence-corrected chi connectivity index (χ1v) is 8.13. The highest BCUT2D eigenvalue weighted by Crippen LogP contribution is 2.25. The predicted molar refractivity (Wildman–Crippen MR) is 80.7 cm³/mol. The van der Waals surface area contributed by atoms with Gasteiger partial charge >= 0.3 is 0 Å². The molecule has 0 spiro atoms. The fourth-order valence-corrected chi connectivity index (χ4v) is 3.22. The molecule has 0 aliphatic heterocycles. The third-order valence-corrected chi connectivity index (χ3v) is 4.54. The zero-order chi connectivity index (χ0) is 13.8. The molecule has 1 aliphatic carbocycles. The molecule has 0 aromatic carbocycles. The molecule has 0 radical (unpaired) electrons. The smallest absolute Gasteiger partial charge is 0.0957 e. The third-order valence-electron chi connectivity index (χ3n) is 3.42. The molecule has 1 aliphatic rings. The normalized spacial score (nSPS) is 17.1. The second kappa shape index (κ2) is 6.82. The first kappa shape index (κ1) is 14.9. The number of methoxy groups -OCH3 is 1. The topological polar surface area (TPSA) is 34.1 Å². The van der Waals surface area contributed by atoms with Crippen LogP contribution in [0, 0.1) is 5.92 Å². The van der Waals surface area contributed by atoms with Crippen LogP contribution < -0.4 is 5.32 Å². The maximum atomic E-state index is 5.34. The maximum absolute atomic E-state index is 5.34. The van der Waals surface area contributed by atoms with Crippen molar-refractivity contribution in [2.75, 3.05) is 7.11 Å². The van der Waals surface area contributed by atoms with E-state index < -0.39 is 0 Å². The Labute approximate surface area is 120 Å². The van der Waals surface area contributed by atoms with Crippen LogP contribution in [0.25, 0.3) is 0 Å². The van der Waals surface area contributed by atoms with Gasteiger partial charge in [0, 0.05) is 31.0 Å². The molecule has 1 atom stereocenters. The first-order valence-electron chi connectivity index (χ1n) is 7.32. The van der Waals surface area contributed by atoms with Crippen molar-refractivity contribution < 1.29 is 4.74 Å². The molecule has 19 heavy (non-hydrogen) atoms. The van der Waals surface area contributed by atoms with E-state index in [4.69, 9.17) is 9.72 Å². The molecule has 108 valence electrons. The predicted octanol–water partition coefficient (Wildman–Crippen LogP) is 3.17. The molecule has 1 aromatic rings. The molecule has 1 N–H and O–H groups in total. The van der Waals surface area contributed by atoms with Crippen molar-refractivity contribution in [3.63, 3.8) is 0 Å². The molecule has 0 amide bonds. The Morgan fingerprint density at radius 3 is 2.63 bits per heavy atom. The number of nitrogens with zero attached hydrogens (tertiary/aromatic N) is 1. The summed E-state index contributed by atoms with van der Waals surface area (Å²) in [4.78, 5) is 6.26. The van der Waals surface area contributed by atoms with E-state index in [0.717, 1.165) is 25.4 Å². The molecule has 0 saturated heterocycles. The largest absolute Gasteiger partial charge is 0.381 e. The number of thiazole rings is 1. The van der Waals surface area contributed by atoms with Crippen molar-refractivity contribution in [3.05, 3.63) is 15.6 Å². The lowest BCUT2D eigenvalue weighted by Gasteiger charge is -2.05. The molecular formula is C15H26N2OS. The summed E-state index contributed by atoms with van der Waals surface area (Å²) >= 11 is 1.86. The van der Waals surface area contributed by atoms with Gasteiger partial charge in [0.1, 0.15) is 0 Å². The van der Waals surface area contributed by atoms with Gasteiger partial charge < -0.3 is 10.1 Å². The quantitative estimate of drug-likeness (QED) is 0.795. The molecule has 1 fully saturated rings. The average molecular weight is 282 g/mol. The van der Waals surface area contributed by atoms with Crippen LogP contribution in [0.15, 0.2) is 0 Å². The lowest BCUT2D eigenvalue weighted by Crippen LogP contribution is -2.15. The highest BCUT2D eigenvalue weighted by molar-refractivity contribution is 7.11. The van der Waals surface area contributed by atoms with Gasteiger partial charge in [0.25, 0.3) is 0 Å². The van der Waals surface area contributed by atoms with Gasteiger partial charge in [-0.05, 0) is 32.1 Å². The van der Waals surface area contributed by atoms with Gasteiger partial charge in [0.05, 0.1) is 16.8 Å². The van der Waals surface area contributed by atoms with Gasteiger partial charge in [-0.15, -0.1) is 11.3 Å². The second-order valence-corrected chi connectivity index (χ2v) is 7.15. The zero-order valence-electron chi connectivity index (χ0n) is 12.5. The number of nitrogens with one attached hydrogen (secondary N) is 1. The van der Waals surface area contributed by atoms with E-state index in [9.17, 15) is 0 Å². The fourth-order valence-electron chi connectivity index (χ4n) is 2.06. The van der Waals surface area contributed by atoms with Crippen LogP contribution >= 0.6 is 11.3 Å². The standard InChI is InChI=1S/C15H26N2OS/c1-10(2)7-13-14(9-16-12-5-6-12)19-15(17-13)8-11(3)18-4/h10-12,16H,5-9H2,1-4H3. The Morgan fingerprint density at radius 2 is 2.05 bits per heavy atom. The summed E-state index contributed by atoms with van der Waals surface area (Å²) in [5.41, 5.74) is 1.30. The van der Waals surface area contributed by atoms with Crippen LogP contribution in [0.3, 0.4) is 0 Å². The molecule has 4 heteroatoms. The van der Waals surface area contributed by atoms with Crippen LogP contribution in [0.4, 0.5) is 0 Å². The Balaban J connectivity index is 2.02. The Kier molecular flexibility index (Phi) is 5.37. The van der Waals surface area contributed by atoms with Crippen molar-refractivity contribution in [3.8, 4) is 0 Å². The van der Waals surface area contributed by atoms with E-state index in [2.05, 4.69) is 26.1 Å². The summed E-state index contributed by atoms with van der Waals surface area (Å²) in [6.07, 6.45) is 4.94. The minimum atomic E-state index is 0.252. The maximum Gasteiger partial charge on any atom is 0.0957 e. The van der Waals surface area contributed by atoms with E-state index in [1.54, 1.807) is 7.11 Å². The first-order chi connectivity index (χ1) is 9.08. The van der Waals surface area contributed by atoms with Gasteiger partial charge in [0.15, 0.2) is 0 Å². The number of hydrogen-bond donors (Lipinski definition) is 1. The SMILES string of the molecule is COC(C)Cc1nc(CC(C)C)c(CNC2CC2)s1. The monoisotopic (exact) mass is 282 g/mol. The van der Waals surface area contributed by atoms with Crippen molar-refractivity contribution in [2.45, 2.75) is 65.1 Å². The lowest BCUT2D eigenvalue weighted by atomic mass is 10.1. The fraction of sp³-hybridized carbons (Fsp3) is 0.800. The average Bonchev–Trinajstić information content (AvgIpc) is 3.10. The summed E-state index contributed by atoms with van der Waals surface area (Å²) in [5, 5.41) is 4.83. The van der Waals surface area contributed by atoms with E-state index in [1.807, 2.05) is 11.3 Å². The van der Waals surface area contributed by atoms with E-state index in [1.165, 1.54) is 28.4 Å². The van der Waals surface area contributed by atoms with Crippen molar-refractivity contribution in [1.29, 1.82) is 0 Å². The lowest BCUT2D eigenvalue weighted by molar-refractivity contribution is 0.118. The van der Waals surface area contributed by atoms with Crippen LogP contribution in [0.5, 0.6) is 0 Å². The molecule has 0 bridgehead atoms. The van der Waals surface area contributed by atoms with Crippen LogP contribution in [-0.4, -0.2) is 24.2 Å². The highest BCUT2D eigenvalue weighted by atomic mass is 32.1. The van der Waals surface area contributed by atoms with Gasteiger partial charge in [-0.3, -0.25) is 0 Å². The van der Waals surface area contributed by atoms with Crippen LogP contribution in [-0.2, 0) is 24.1 Å². The summed E-state index contributed by atoms with van der Waals surface area (Å²) < 4.78 is 5.34. The summed E-state index contributed by atoms with van der Waals surface area (Å²) in [7, 11) is 1.77. The highest BCUT2D eigenvalue weighted by Gasteiger charge is 2.22. The Hall–Kier alpha value is -0.450. The Morgan fingerprint density at radius 1 is 1.32 bits per heavy atom. The van der Waals surface area contributed by atoms with Crippen molar-refractivity contribution in [1.82, 2.24) is 10.3 Å². The summed E-state index contributed by atoms with van der Waals surface area (Å²) in [5.74, 6) is 0.662. The van der Waals surface area contributed by atoms with Crippen molar-refractivity contribution >= 4 is 11.3 Å². The zero-order valence-corrected chi connectivity index (χ0v) is 13.3. The number of rotatable bonds is 8. The minimum absolute atomic E-state index is 0.252. The Bertz CT molecular complexity index is 399. The van der Waals surface area contributed by atoms with Gasteiger partial charge in [-0.2, -0.15) is 0 Å². The number of hydrogen-bond acceptors (Lipinski definition) is 4. The molecule has 1 saturated carbocycles. The van der Waals surface area contributed by atoms with E-state index in [-0.39, 0.29) is 6.10 Å². The summed E-state index contributed by atoms with van der Waals surface area (Å²) in [6, 6.07) is 0.760. The molecular weight excluding hydrogens is 256 g/mol. The molecule has 1 heterocycles. The molecule has 3 nitrogen and oxygen atoms in total. The van der Waals surface area contributed by atoms with Crippen LogP contribution in [0.1, 0.15) is 49.2 Å². The number of aromatic nitrogens is 1.